The van der Waals surface area contributed by atoms with Crippen LogP contribution >= 0.6 is 0 Å². The summed E-state index contributed by atoms with van der Waals surface area (Å²) in [6.07, 6.45) is 5.79. The van der Waals surface area contributed by atoms with E-state index in [-0.39, 0.29) is 40.9 Å². The Morgan fingerprint density at radius 2 is 2.06 bits per heavy atom. The predicted octanol–water partition coefficient (Wildman–Crippen LogP) is 3.12. The van der Waals surface area contributed by atoms with Gasteiger partial charge in [0.1, 0.15) is 23.4 Å². The molecule has 2 aromatic rings. The number of benzene rings is 1. The van der Waals surface area contributed by atoms with Gasteiger partial charge in [0.25, 0.3) is 5.91 Å². The van der Waals surface area contributed by atoms with Crippen molar-refractivity contribution in [3.8, 4) is 17.2 Å². The first kappa shape index (κ1) is 24.4. The fourth-order valence-corrected chi connectivity index (χ4v) is 4.32. The molecule has 1 aromatic heterocycles. The summed E-state index contributed by atoms with van der Waals surface area (Å²) >= 11 is 0. The number of carbonyl (C=O) groups is 3. The maximum absolute atomic E-state index is 12.3. The number of amides is 2. The Labute approximate surface area is 202 Å². The maximum Gasteiger partial charge on any atom is 0.407 e. The van der Waals surface area contributed by atoms with Crippen LogP contribution in [0.1, 0.15) is 60.5 Å². The molecule has 1 heterocycles. The molecule has 2 saturated carbocycles. The number of H-pyrrole nitrogens is 1. The van der Waals surface area contributed by atoms with E-state index in [1.165, 1.54) is 38.5 Å². The first-order valence-corrected chi connectivity index (χ1v) is 11.7. The van der Waals surface area contributed by atoms with Crippen LogP contribution in [0.4, 0.5) is 10.6 Å². The molecule has 1 aromatic carbocycles. The van der Waals surface area contributed by atoms with E-state index in [2.05, 4.69) is 20.8 Å². The zero-order chi connectivity index (χ0) is 24.8. The normalized spacial score (nSPS) is 19.5. The van der Waals surface area contributed by atoms with Crippen LogP contribution in [0.25, 0.3) is 0 Å². The number of aromatic amines is 1. The Hall–Kier alpha value is -3.76. The van der Waals surface area contributed by atoms with Gasteiger partial charge in [-0.25, -0.2) is 4.79 Å². The molecule has 4 rings (SSSR count). The molecule has 11 heteroatoms. The molecular weight excluding hydrogens is 456 g/mol. The van der Waals surface area contributed by atoms with Gasteiger partial charge in [-0.15, -0.1) is 0 Å². The topological polar surface area (TPSA) is 152 Å². The van der Waals surface area contributed by atoms with Gasteiger partial charge in [-0.3, -0.25) is 14.7 Å². The van der Waals surface area contributed by atoms with Crippen LogP contribution in [0.2, 0.25) is 0 Å². The number of nitrogens with zero attached hydrogens (tertiary/aromatic N) is 1. The van der Waals surface area contributed by atoms with Gasteiger partial charge in [0.2, 0.25) is 0 Å². The van der Waals surface area contributed by atoms with E-state index < -0.39 is 12.5 Å². The lowest BCUT2D eigenvalue weighted by molar-refractivity contribution is -0.118. The molecule has 0 radical (unpaired) electrons. The number of hydrogen-bond donors (Lipinski definition) is 4. The fraction of sp³-hybridized carbons (Fsp3) is 0.500. The second kappa shape index (κ2) is 11.1. The van der Waals surface area contributed by atoms with E-state index in [0.717, 1.165) is 18.5 Å². The van der Waals surface area contributed by atoms with Gasteiger partial charge in [0, 0.05) is 36.4 Å². The standard InChI is InChI=1S/C24H30N4O7/c1-33-17-8-20(30)18(12-29)21(9-17)34-13-23(31)26-22-10-19(27-28-22)15-5-6-16(7-15)35-24(32)25-11-14-3-2-4-14/h8-10,12,14-16,30H,2-7,11,13H2,1H3,(H,25,32)(H2,26,27,28,31)/t15-,16+/m0/s1. The summed E-state index contributed by atoms with van der Waals surface area (Å²) in [5.41, 5.74) is 0.776. The van der Waals surface area contributed by atoms with Crippen molar-refractivity contribution in [3.63, 3.8) is 0 Å². The molecule has 0 unspecified atom stereocenters. The van der Waals surface area contributed by atoms with E-state index in [1.807, 2.05) is 0 Å². The van der Waals surface area contributed by atoms with Gasteiger partial charge >= 0.3 is 6.09 Å². The maximum atomic E-state index is 12.3. The average molecular weight is 487 g/mol. The van der Waals surface area contributed by atoms with Gasteiger partial charge in [-0.1, -0.05) is 6.42 Å². The molecule has 2 aliphatic rings. The molecule has 188 valence electrons. The Morgan fingerprint density at radius 3 is 2.77 bits per heavy atom. The molecule has 2 aliphatic carbocycles. The summed E-state index contributed by atoms with van der Waals surface area (Å²) in [4.78, 5) is 35.6. The number of alkyl carbamates (subject to hydrolysis) is 1. The lowest BCUT2D eigenvalue weighted by Gasteiger charge is -2.25. The van der Waals surface area contributed by atoms with E-state index >= 15 is 0 Å². The lowest BCUT2D eigenvalue weighted by atomic mass is 9.85. The smallest absolute Gasteiger partial charge is 0.407 e. The summed E-state index contributed by atoms with van der Waals surface area (Å²) in [5.74, 6) is 0.583. The molecule has 0 bridgehead atoms. The third-order valence-corrected chi connectivity index (χ3v) is 6.53. The second-order valence-corrected chi connectivity index (χ2v) is 8.94. The number of phenols is 1. The third kappa shape index (κ3) is 6.23. The molecule has 2 atom stereocenters. The molecule has 2 fully saturated rings. The molecule has 4 N–H and O–H groups in total. The second-order valence-electron chi connectivity index (χ2n) is 8.94. The molecule has 2 amide bonds. The van der Waals surface area contributed by atoms with E-state index in [4.69, 9.17) is 14.2 Å². The Balaban J connectivity index is 1.24. The van der Waals surface area contributed by atoms with Crippen LogP contribution in [0.3, 0.4) is 0 Å². The number of rotatable bonds is 10. The predicted molar refractivity (Wildman–Crippen MR) is 125 cm³/mol. The number of hydrogen-bond acceptors (Lipinski definition) is 8. The summed E-state index contributed by atoms with van der Waals surface area (Å²) < 4.78 is 16.0. The van der Waals surface area contributed by atoms with Gasteiger partial charge in [0.05, 0.1) is 12.7 Å². The summed E-state index contributed by atoms with van der Waals surface area (Å²) in [6, 6.07) is 4.44. The fourth-order valence-electron chi connectivity index (χ4n) is 4.32. The summed E-state index contributed by atoms with van der Waals surface area (Å²) in [7, 11) is 1.41. The molecule has 0 spiro atoms. The average Bonchev–Trinajstić information content (AvgIpc) is 3.45. The van der Waals surface area contributed by atoms with Gasteiger partial charge in [0.15, 0.2) is 18.7 Å². The zero-order valence-corrected chi connectivity index (χ0v) is 19.5. The highest BCUT2D eigenvalue weighted by Crippen LogP contribution is 2.36. The molecule has 11 nitrogen and oxygen atoms in total. The highest BCUT2D eigenvalue weighted by Gasteiger charge is 2.30. The largest absolute Gasteiger partial charge is 0.507 e. The lowest BCUT2D eigenvalue weighted by Crippen LogP contribution is -2.34. The van der Waals surface area contributed by atoms with Crippen molar-refractivity contribution in [1.82, 2.24) is 15.5 Å². The molecule has 0 saturated heterocycles. The highest BCUT2D eigenvalue weighted by atomic mass is 16.6. The number of nitrogens with one attached hydrogen (secondary N) is 3. The van der Waals surface area contributed by atoms with E-state index in [1.54, 1.807) is 6.07 Å². The minimum absolute atomic E-state index is 0.0310. The number of aldehydes is 1. The van der Waals surface area contributed by atoms with Crippen molar-refractivity contribution in [2.24, 2.45) is 5.92 Å². The minimum Gasteiger partial charge on any atom is -0.507 e. The highest BCUT2D eigenvalue weighted by molar-refractivity contribution is 5.91. The van der Waals surface area contributed by atoms with Crippen molar-refractivity contribution in [3.05, 3.63) is 29.5 Å². The van der Waals surface area contributed by atoms with Crippen molar-refractivity contribution >= 4 is 24.1 Å². The zero-order valence-electron chi connectivity index (χ0n) is 19.5. The first-order chi connectivity index (χ1) is 16.9. The Kier molecular flexibility index (Phi) is 7.74. The quantitative estimate of drug-likeness (QED) is 0.374. The monoisotopic (exact) mass is 486 g/mol. The first-order valence-electron chi connectivity index (χ1n) is 11.7. The molecule has 0 aliphatic heterocycles. The number of ether oxygens (including phenoxy) is 3. The van der Waals surface area contributed by atoms with Crippen molar-refractivity contribution in [1.29, 1.82) is 0 Å². The number of aromatic hydroxyl groups is 1. The van der Waals surface area contributed by atoms with Crippen LogP contribution in [0.5, 0.6) is 17.2 Å². The van der Waals surface area contributed by atoms with Gasteiger partial charge in [-0.2, -0.15) is 5.10 Å². The number of methoxy groups -OCH3 is 1. The van der Waals surface area contributed by atoms with Crippen LogP contribution < -0.4 is 20.1 Å². The van der Waals surface area contributed by atoms with Crippen molar-refractivity contribution in [2.45, 2.75) is 50.5 Å². The third-order valence-electron chi connectivity index (χ3n) is 6.53. The molecule has 35 heavy (non-hydrogen) atoms. The number of carbonyl (C=O) groups excluding carboxylic acids is 3. The van der Waals surface area contributed by atoms with Crippen LogP contribution in [-0.2, 0) is 9.53 Å². The SMILES string of the molecule is COc1cc(O)c(C=O)c(OCC(=O)Nc2cc([C@H]3CC[C@@H](OC(=O)NCC4CCC4)C3)[nH]n2)c1. The van der Waals surface area contributed by atoms with Crippen LogP contribution in [0, 0.1) is 5.92 Å². The Morgan fingerprint density at radius 1 is 1.23 bits per heavy atom. The number of phenolic OH excluding ortho intramolecular Hbond substituents is 1. The number of aromatic nitrogens is 2. The van der Waals surface area contributed by atoms with E-state index in [9.17, 15) is 19.5 Å². The van der Waals surface area contributed by atoms with Gasteiger partial charge < -0.3 is 30.0 Å². The van der Waals surface area contributed by atoms with Crippen LogP contribution in [0.15, 0.2) is 18.2 Å². The summed E-state index contributed by atoms with van der Waals surface area (Å²) in [6.45, 7) is 0.280. The summed E-state index contributed by atoms with van der Waals surface area (Å²) in [5, 5.41) is 22.5. The van der Waals surface area contributed by atoms with Gasteiger partial charge in [-0.05, 0) is 38.0 Å². The minimum atomic E-state index is -0.488. The van der Waals surface area contributed by atoms with Crippen LogP contribution in [-0.4, -0.2) is 60.0 Å². The molecular formula is C24H30N4O7. The Bertz CT molecular complexity index is 1070. The van der Waals surface area contributed by atoms with Crippen molar-refractivity contribution in [2.75, 3.05) is 25.6 Å². The number of anilines is 1. The van der Waals surface area contributed by atoms with Crippen molar-refractivity contribution < 1.29 is 33.7 Å². The van der Waals surface area contributed by atoms with E-state index in [0.29, 0.717) is 31.0 Å².